The Morgan fingerprint density at radius 2 is 1.86 bits per heavy atom. The van der Waals surface area contributed by atoms with E-state index in [2.05, 4.69) is 55.3 Å². The predicted molar refractivity (Wildman–Crippen MR) is 86.3 cm³/mol. The van der Waals surface area contributed by atoms with Gasteiger partial charge in [-0.3, -0.25) is 4.98 Å². The molecule has 0 fully saturated rings. The third-order valence-corrected chi connectivity index (χ3v) is 3.18. The van der Waals surface area contributed by atoms with Gasteiger partial charge in [0, 0.05) is 6.54 Å². The van der Waals surface area contributed by atoms with E-state index in [1.54, 1.807) is 6.20 Å². The smallest absolute Gasteiger partial charge is 0.138 e. The molecule has 1 aromatic heterocycles. The molecule has 0 amide bonds. The maximum absolute atomic E-state index is 5.75. The highest BCUT2D eigenvalue weighted by molar-refractivity contribution is 5.23. The summed E-state index contributed by atoms with van der Waals surface area (Å²) in [6.07, 6.45) is 1.79. The van der Waals surface area contributed by atoms with Crippen LogP contribution in [0.3, 0.4) is 0 Å². The molecule has 0 aliphatic heterocycles. The van der Waals surface area contributed by atoms with Crippen molar-refractivity contribution >= 4 is 0 Å². The molecule has 3 heteroatoms. The van der Waals surface area contributed by atoms with Gasteiger partial charge in [0.1, 0.15) is 12.4 Å². The van der Waals surface area contributed by atoms with E-state index in [9.17, 15) is 0 Å². The number of benzene rings is 1. The first-order valence-corrected chi connectivity index (χ1v) is 7.47. The van der Waals surface area contributed by atoms with Gasteiger partial charge < -0.3 is 10.1 Å². The molecule has 1 N–H and O–H groups in total. The summed E-state index contributed by atoms with van der Waals surface area (Å²) >= 11 is 0. The summed E-state index contributed by atoms with van der Waals surface area (Å²) in [5, 5.41) is 3.38. The first-order chi connectivity index (χ1) is 10.1. The number of hydrogen-bond acceptors (Lipinski definition) is 3. The first-order valence-electron chi connectivity index (χ1n) is 7.47. The Morgan fingerprint density at radius 1 is 1.10 bits per heavy atom. The summed E-state index contributed by atoms with van der Waals surface area (Å²) in [6.45, 7) is 8.86. The zero-order chi connectivity index (χ0) is 15.1. The highest BCUT2D eigenvalue weighted by Gasteiger charge is 1.99. The molecule has 0 bridgehead atoms. The summed E-state index contributed by atoms with van der Waals surface area (Å²) in [5.41, 5.74) is 3.47. The minimum atomic E-state index is 0.576. The molecule has 2 aromatic rings. The molecule has 0 atom stereocenters. The van der Waals surface area contributed by atoms with Crippen molar-refractivity contribution in [1.29, 1.82) is 0 Å². The Kier molecular flexibility index (Phi) is 5.76. The lowest BCUT2D eigenvalue weighted by Crippen LogP contribution is -2.19. The number of ether oxygens (including phenoxy) is 1. The molecule has 0 radical (unpaired) electrons. The summed E-state index contributed by atoms with van der Waals surface area (Å²) in [5.74, 6) is 1.46. The molecule has 21 heavy (non-hydrogen) atoms. The molecule has 0 spiro atoms. The SMILES string of the molecule is Cc1ccc(COc2ccc(CNCC(C)C)nc2)cc1. The van der Waals surface area contributed by atoms with Crippen LogP contribution in [0.15, 0.2) is 42.6 Å². The van der Waals surface area contributed by atoms with E-state index < -0.39 is 0 Å². The zero-order valence-electron chi connectivity index (χ0n) is 13.1. The van der Waals surface area contributed by atoms with Crippen molar-refractivity contribution in [3.05, 3.63) is 59.4 Å². The van der Waals surface area contributed by atoms with Crippen molar-refractivity contribution in [1.82, 2.24) is 10.3 Å². The topological polar surface area (TPSA) is 34.1 Å². The maximum Gasteiger partial charge on any atom is 0.138 e. The standard InChI is InChI=1S/C18H24N2O/c1-14(2)10-19-11-17-8-9-18(12-20-17)21-13-16-6-4-15(3)5-7-16/h4-9,12,14,19H,10-11,13H2,1-3H3. The first kappa shape index (κ1) is 15.5. The molecule has 1 heterocycles. The van der Waals surface area contributed by atoms with Gasteiger partial charge in [-0.1, -0.05) is 43.7 Å². The number of nitrogens with one attached hydrogen (secondary N) is 1. The highest BCUT2D eigenvalue weighted by Crippen LogP contribution is 2.12. The molecule has 1 aromatic carbocycles. The van der Waals surface area contributed by atoms with E-state index in [4.69, 9.17) is 4.74 Å². The number of rotatable bonds is 7. The molecule has 0 saturated carbocycles. The molecule has 3 nitrogen and oxygen atoms in total. The van der Waals surface area contributed by atoms with E-state index in [1.807, 2.05) is 12.1 Å². The van der Waals surface area contributed by atoms with Gasteiger partial charge in [0.05, 0.1) is 11.9 Å². The van der Waals surface area contributed by atoms with E-state index in [0.717, 1.165) is 24.5 Å². The van der Waals surface area contributed by atoms with Crippen LogP contribution in [0.4, 0.5) is 0 Å². The number of aromatic nitrogens is 1. The highest BCUT2D eigenvalue weighted by atomic mass is 16.5. The van der Waals surface area contributed by atoms with Gasteiger partial charge in [-0.25, -0.2) is 0 Å². The van der Waals surface area contributed by atoms with Crippen molar-refractivity contribution in [2.24, 2.45) is 5.92 Å². The van der Waals surface area contributed by atoms with Gasteiger partial charge in [-0.15, -0.1) is 0 Å². The Bertz CT molecular complexity index is 532. The van der Waals surface area contributed by atoms with Crippen LogP contribution >= 0.6 is 0 Å². The Labute approximate surface area is 127 Å². The van der Waals surface area contributed by atoms with Gasteiger partial charge in [-0.2, -0.15) is 0 Å². The second kappa shape index (κ2) is 7.79. The largest absolute Gasteiger partial charge is 0.487 e. The fraction of sp³-hybridized carbons (Fsp3) is 0.389. The van der Waals surface area contributed by atoms with Crippen LogP contribution in [0.25, 0.3) is 0 Å². The number of aryl methyl sites for hydroxylation is 1. The van der Waals surface area contributed by atoms with Gasteiger partial charge in [-0.05, 0) is 37.1 Å². The second-order valence-electron chi connectivity index (χ2n) is 5.78. The second-order valence-corrected chi connectivity index (χ2v) is 5.78. The lowest BCUT2D eigenvalue weighted by atomic mass is 10.2. The van der Waals surface area contributed by atoms with Crippen molar-refractivity contribution in [3.63, 3.8) is 0 Å². The molecule has 0 unspecified atom stereocenters. The monoisotopic (exact) mass is 284 g/mol. The normalized spacial score (nSPS) is 10.9. The van der Waals surface area contributed by atoms with Crippen molar-refractivity contribution in [2.75, 3.05) is 6.54 Å². The Hall–Kier alpha value is -1.87. The van der Waals surface area contributed by atoms with Crippen LogP contribution in [0.5, 0.6) is 5.75 Å². The third-order valence-electron chi connectivity index (χ3n) is 3.18. The molecule has 0 saturated heterocycles. The van der Waals surface area contributed by atoms with Crippen LogP contribution in [-0.4, -0.2) is 11.5 Å². The average Bonchev–Trinajstić information content (AvgIpc) is 2.48. The lowest BCUT2D eigenvalue weighted by Gasteiger charge is -2.09. The third kappa shape index (κ3) is 5.56. The van der Waals surface area contributed by atoms with Gasteiger partial charge in [0.2, 0.25) is 0 Å². The number of nitrogens with zero attached hydrogens (tertiary/aromatic N) is 1. The van der Waals surface area contributed by atoms with Crippen LogP contribution in [0.1, 0.15) is 30.7 Å². The molecule has 112 valence electrons. The van der Waals surface area contributed by atoms with Gasteiger partial charge in [0.15, 0.2) is 0 Å². The quantitative estimate of drug-likeness (QED) is 0.841. The van der Waals surface area contributed by atoms with Crippen LogP contribution in [0, 0.1) is 12.8 Å². The number of hydrogen-bond donors (Lipinski definition) is 1. The molecular formula is C18H24N2O. The minimum absolute atomic E-state index is 0.576. The maximum atomic E-state index is 5.75. The summed E-state index contributed by atoms with van der Waals surface area (Å²) in [4.78, 5) is 4.41. The Balaban J connectivity index is 1.80. The molecular weight excluding hydrogens is 260 g/mol. The van der Waals surface area contributed by atoms with E-state index in [1.165, 1.54) is 11.1 Å². The Morgan fingerprint density at radius 3 is 2.48 bits per heavy atom. The summed E-state index contributed by atoms with van der Waals surface area (Å²) in [6, 6.07) is 12.4. The van der Waals surface area contributed by atoms with E-state index >= 15 is 0 Å². The molecule has 2 rings (SSSR count). The van der Waals surface area contributed by atoms with Crippen LogP contribution < -0.4 is 10.1 Å². The zero-order valence-corrected chi connectivity index (χ0v) is 13.1. The van der Waals surface area contributed by atoms with E-state index in [-0.39, 0.29) is 0 Å². The van der Waals surface area contributed by atoms with Crippen molar-refractivity contribution in [3.8, 4) is 5.75 Å². The van der Waals surface area contributed by atoms with Gasteiger partial charge >= 0.3 is 0 Å². The fourth-order valence-electron chi connectivity index (χ4n) is 1.94. The lowest BCUT2D eigenvalue weighted by molar-refractivity contribution is 0.304. The fourth-order valence-corrected chi connectivity index (χ4v) is 1.94. The molecule has 0 aliphatic carbocycles. The summed E-state index contributed by atoms with van der Waals surface area (Å²) in [7, 11) is 0. The summed E-state index contributed by atoms with van der Waals surface area (Å²) < 4.78 is 5.75. The van der Waals surface area contributed by atoms with Gasteiger partial charge in [0.25, 0.3) is 0 Å². The van der Waals surface area contributed by atoms with Crippen molar-refractivity contribution < 1.29 is 4.74 Å². The average molecular weight is 284 g/mol. The predicted octanol–water partition coefficient (Wildman–Crippen LogP) is 3.71. The number of pyridine rings is 1. The van der Waals surface area contributed by atoms with Crippen LogP contribution in [0.2, 0.25) is 0 Å². The van der Waals surface area contributed by atoms with Crippen LogP contribution in [-0.2, 0) is 13.2 Å². The van der Waals surface area contributed by atoms with E-state index in [0.29, 0.717) is 12.5 Å². The molecule has 0 aliphatic rings. The van der Waals surface area contributed by atoms with Crippen molar-refractivity contribution in [2.45, 2.75) is 33.9 Å². The minimum Gasteiger partial charge on any atom is -0.487 e.